The van der Waals surface area contributed by atoms with Crippen LogP contribution < -0.4 is 0 Å². The lowest BCUT2D eigenvalue weighted by Gasteiger charge is -2.11. The van der Waals surface area contributed by atoms with Crippen LogP contribution in [-0.4, -0.2) is 4.98 Å². The maximum absolute atomic E-state index is 4.41. The largest absolute Gasteiger partial charge is 0.355 e. The Morgan fingerprint density at radius 1 is 0.952 bits per heavy atom. The molecule has 0 atom stereocenters. The minimum absolute atomic E-state index is 1.05. The second-order valence-corrected chi connectivity index (χ2v) is 5.54. The summed E-state index contributed by atoms with van der Waals surface area (Å²) in [6, 6.07) is 17.1. The van der Waals surface area contributed by atoms with Crippen LogP contribution in [0.3, 0.4) is 0 Å². The summed E-state index contributed by atoms with van der Waals surface area (Å²) < 4.78 is 0. The number of aromatic amines is 1. The highest BCUT2D eigenvalue weighted by atomic mass is 14.7. The Morgan fingerprint density at radius 2 is 1.76 bits per heavy atom. The maximum Gasteiger partial charge on any atom is 0.0467 e. The van der Waals surface area contributed by atoms with Crippen molar-refractivity contribution in [3.05, 3.63) is 83.6 Å². The van der Waals surface area contributed by atoms with Crippen molar-refractivity contribution < 1.29 is 0 Å². The van der Waals surface area contributed by atoms with Crippen LogP contribution in [-0.2, 0) is 6.42 Å². The summed E-state index contributed by atoms with van der Waals surface area (Å²) in [5, 5.41) is 1.25. The lowest BCUT2D eigenvalue weighted by atomic mass is 9.92. The third-order valence-electron chi connectivity index (χ3n) is 4.24. The number of aromatic nitrogens is 1. The molecule has 102 valence electrons. The lowest BCUT2D eigenvalue weighted by molar-refractivity contribution is 1.00. The SMILES string of the molecule is C=C1c2ccccc2CC/C=C\c2[nH]c3ccccc3c21. The summed E-state index contributed by atoms with van der Waals surface area (Å²) in [6.07, 6.45) is 6.57. The zero-order chi connectivity index (χ0) is 14.2. The number of aryl methyl sites for hydroxylation is 1. The minimum Gasteiger partial charge on any atom is -0.355 e. The van der Waals surface area contributed by atoms with Gasteiger partial charge in [0.25, 0.3) is 0 Å². The Morgan fingerprint density at radius 3 is 2.71 bits per heavy atom. The second kappa shape index (κ2) is 4.78. The molecule has 4 rings (SSSR count). The highest BCUT2D eigenvalue weighted by Crippen LogP contribution is 2.35. The van der Waals surface area contributed by atoms with E-state index in [0.29, 0.717) is 0 Å². The molecule has 0 aliphatic heterocycles. The minimum atomic E-state index is 1.05. The number of para-hydroxylation sites is 1. The zero-order valence-corrected chi connectivity index (χ0v) is 11.9. The van der Waals surface area contributed by atoms with Gasteiger partial charge in [0.1, 0.15) is 0 Å². The molecule has 3 aromatic rings. The molecule has 1 heterocycles. The van der Waals surface area contributed by atoms with E-state index < -0.39 is 0 Å². The molecule has 21 heavy (non-hydrogen) atoms. The predicted molar refractivity (Wildman–Crippen MR) is 90.2 cm³/mol. The van der Waals surface area contributed by atoms with E-state index in [2.05, 4.69) is 72.2 Å². The summed E-state index contributed by atoms with van der Waals surface area (Å²) in [7, 11) is 0. The molecule has 0 spiro atoms. The van der Waals surface area contributed by atoms with Gasteiger partial charge in [0, 0.05) is 22.2 Å². The van der Waals surface area contributed by atoms with E-state index in [1.165, 1.54) is 27.6 Å². The molecule has 0 fully saturated rings. The molecule has 1 heteroatoms. The van der Waals surface area contributed by atoms with E-state index >= 15 is 0 Å². The van der Waals surface area contributed by atoms with Crippen LogP contribution in [0, 0.1) is 0 Å². The highest BCUT2D eigenvalue weighted by Gasteiger charge is 2.16. The normalized spacial score (nSPS) is 15.7. The molecule has 1 nitrogen and oxygen atoms in total. The molecule has 1 N–H and O–H groups in total. The molecular formula is C20H17N. The molecule has 1 aliphatic carbocycles. The molecule has 1 aliphatic rings. The van der Waals surface area contributed by atoms with Crippen LogP contribution in [0.2, 0.25) is 0 Å². The van der Waals surface area contributed by atoms with Crippen molar-refractivity contribution in [1.82, 2.24) is 4.98 Å². The van der Waals surface area contributed by atoms with Gasteiger partial charge in [-0.05, 0) is 41.7 Å². The van der Waals surface area contributed by atoms with Crippen LogP contribution in [0.4, 0.5) is 0 Å². The Kier molecular flexibility index (Phi) is 2.78. The van der Waals surface area contributed by atoms with Crippen molar-refractivity contribution in [1.29, 1.82) is 0 Å². The second-order valence-electron chi connectivity index (χ2n) is 5.54. The van der Waals surface area contributed by atoms with E-state index in [9.17, 15) is 0 Å². The molecule has 0 saturated carbocycles. The van der Waals surface area contributed by atoms with E-state index in [1.54, 1.807) is 0 Å². The smallest absolute Gasteiger partial charge is 0.0467 e. The first-order chi connectivity index (χ1) is 10.3. The third-order valence-corrected chi connectivity index (χ3v) is 4.24. The highest BCUT2D eigenvalue weighted by molar-refractivity contribution is 6.00. The quantitative estimate of drug-likeness (QED) is 0.579. The Hall–Kier alpha value is -2.54. The van der Waals surface area contributed by atoms with Gasteiger partial charge in [-0.25, -0.2) is 0 Å². The first kappa shape index (κ1) is 12.2. The van der Waals surface area contributed by atoms with Gasteiger partial charge in [-0.15, -0.1) is 0 Å². The summed E-state index contributed by atoms with van der Waals surface area (Å²) in [6.45, 7) is 4.41. The number of rotatable bonds is 0. The number of hydrogen-bond acceptors (Lipinski definition) is 0. The first-order valence-electron chi connectivity index (χ1n) is 7.39. The molecule has 1 aromatic heterocycles. The van der Waals surface area contributed by atoms with Crippen LogP contribution in [0.1, 0.15) is 28.8 Å². The van der Waals surface area contributed by atoms with E-state index in [1.807, 2.05) is 0 Å². The van der Waals surface area contributed by atoms with E-state index in [-0.39, 0.29) is 0 Å². The van der Waals surface area contributed by atoms with Crippen molar-refractivity contribution in [3.8, 4) is 0 Å². The van der Waals surface area contributed by atoms with E-state index in [4.69, 9.17) is 0 Å². The summed E-state index contributed by atoms with van der Waals surface area (Å²) in [5.41, 5.74) is 7.34. The van der Waals surface area contributed by atoms with Gasteiger partial charge in [-0.3, -0.25) is 0 Å². The van der Waals surface area contributed by atoms with E-state index in [0.717, 1.165) is 24.1 Å². The fourth-order valence-electron chi connectivity index (χ4n) is 3.22. The standard InChI is InChI=1S/C20H17N/c1-14-16-10-4-2-8-15(16)9-3-6-13-19-20(14)17-11-5-7-12-18(17)21-19/h2,4-8,10-13,21H,1,3,9H2/b13-6-. The number of fused-ring (bicyclic) bond motifs is 4. The summed E-state index contributed by atoms with van der Waals surface area (Å²) >= 11 is 0. The molecule has 0 radical (unpaired) electrons. The number of allylic oxidation sites excluding steroid dienone is 1. The van der Waals surface area contributed by atoms with Gasteiger partial charge in [0.05, 0.1) is 0 Å². The topological polar surface area (TPSA) is 15.8 Å². The number of nitrogens with one attached hydrogen (secondary N) is 1. The number of benzene rings is 2. The van der Waals surface area contributed by atoms with Gasteiger partial charge < -0.3 is 4.98 Å². The monoisotopic (exact) mass is 271 g/mol. The average molecular weight is 271 g/mol. The third kappa shape index (κ3) is 1.93. The summed E-state index contributed by atoms with van der Waals surface area (Å²) in [5.74, 6) is 0. The Balaban J connectivity index is 2.04. The van der Waals surface area contributed by atoms with Gasteiger partial charge in [0.2, 0.25) is 0 Å². The first-order valence-corrected chi connectivity index (χ1v) is 7.39. The average Bonchev–Trinajstić information content (AvgIpc) is 2.90. The fourth-order valence-corrected chi connectivity index (χ4v) is 3.22. The number of hydrogen-bond donors (Lipinski definition) is 1. The summed E-state index contributed by atoms with van der Waals surface area (Å²) in [4.78, 5) is 3.53. The number of H-pyrrole nitrogens is 1. The van der Waals surface area contributed by atoms with Crippen molar-refractivity contribution in [2.24, 2.45) is 0 Å². The van der Waals surface area contributed by atoms with Crippen LogP contribution in [0.15, 0.2) is 61.2 Å². The molecular weight excluding hydrogens is 254 g/mol. The van der Waals surface area contributed by atoms with Crippen molar-refractivity contribution >= 4 is 22.6 Å². The van der Waals surface area contributed by atoms with Gasteiger partial charge in [-0.1, -0.05) is 55.1 Å². The van der Waals surface area contributed by atoms with Crippen LogP contribution in [0.5, 0.6) is 0 Å². The Bertz CT molecular complexity index is 864. The molecule has 2 aromatic carbocycles. The molecule has 0 bridgehead atoms. The molecule has 0 saturated heterocycles. The lowest BCUT2D eigenvalue weighted by Crippen LogP contribution is -1.94. The Labute approximate surface area is 124 Å². The fraction of sp³-hybridized carbons (Fsp3) is 0.100. The maximum atomic E-state index is 4.41. The van der Waals surface area contributed by atoms with Gasteiger partial charge >= 0.3 is 0 Å². The zero-order valence-electron chi connectivity index (χ0n) is 11.9. The predicted octanol–water partition coefficient (Wildman–Crippen LogP) is 5.19. The molecule has 0 amide bonds. The molecule has 0 unspecified atom stereocenters. The van der Waals surface area contributed by atoms with Gasteiger partial charge in [-0.2, -0.15) is 0 Å². The van der Waals surface area contributed by atoms with Crippen LogP contribution >= 0.6 is 0 Å². The van der Waals surface area contributed by atoms with Gasteiger partial charge in [0.15, 0.2) is 0 Å². The van der Waals surface area contributed by atoms with Crippen molar-refractivity contribution in [2.75, 3.05) is 0 Å². The van der Waals surface area contributed by atoms with Crippen molar-refractivity contribution in [3.63, 3.8) is 0 Å². The van der Waals surface area contributed by atoms with Crippen LogP contribution in [0.25, 0.3) is 22.6 Å². The van der Waals surface area contributed by atoms with Crippen molar-refractivity contribution in [2.45, 2.75) is 12.8 Å².